The first-order chi connectivity index (χ1) is 8.88. The van der Waals surface area contributed by atoms with Gasteiger partial charge in [-0.2, -0.15) is 0 Å². The van der Waals surface area contributed by atoms with E-state index in [-0.39, 0.29) is 5.60 Å². The van der Waals surface area contributed by atoms with Crippen molar-refractivity contribution < 1.29 is 4.74 Å². The van der Waals surface area contributed by atoms with Gasteiger partial charge in [0.15, 0.2) is 0 Å². The van der Waals surface area contributed by atoms with E-state index < -0.39 is 0 Å². The Morgan fingerprint density at radius 2 is 1.68 bits per heavy atom. The van der Waals surface area contributed by atoms with Crippen LogP contribution >= 0.6 is 0 Å². The van der Waals surface area contributed by atoms with Crippen LogP contribution in [0, 0.1) is 5.92 Å². The second-order valence-corrected chi connectivity index (χ2v) is 7.33. The van der Waals surface area contributed by atoms with Crippen LogP contribution in [0.1, 0.15) is 86.0 Å². The van der Waals surface area contributed by atoms with Crippen LogP contribution < -0.4 is 0 Å². The van der Waals surface area contributed by atoms with Crippen LogP contribution in [0.5, 0.6) is 0 Å². The molecular weight excluding hydrogens is 232 g/mol. The molecule has 1 aliphatic carbocycles. The van der Waals surface area contributed by atoms with Gasteiger partial charge in [0.2, 0.25) is 0 Å². The monoisotopic (exact) mass is 266 g/mol. The smallest absolute Gasteiger partial charge is 0.0598 e. The second kappa shape index (κ2) is 8.09. The van der Waals surface area contributed by atoms with Crippen molar-refractivity contribution in [3.63, 3.8) is 0 Å². The van der Waals surface area contributed by atoms with Crippen molar-refractivity contribution in [3.05, 3.63) is 11.1 Å². The van der Waals surface area contributed by atoms with Crippen LogP contribution in [0.4, 0.5) is 0 Å². The molecule has 0 radical (unpaired) electrons. The number of hydrogen-bond acceptors (Lipinski definition) is 1. The first-order valence-corrected chi connectivity index (χ1v) is 8.17. The van der Waals surface area contributed by atoms with Crippen LogP contribution in [-0.4, -0.2) is 12.2 Å². The summed E-state index contributed by atoms with van der Waals surface area (Å²) in [6.45, 7) is 12.0. The molecule has 19 heavy (non-hydrogen) atoms. The lowest BCUT2D eigenvalue weighted by Gasteiger charge is -2.24. The minimum absolute atomic E-state index is 0.0316. The van der Waals surface area contributed by atoms with Gasteiger partial charge in [-0.05, 0) is 66.2 Å². The Hall–Kier alpha value is -0.300. The fourth-order valence-corrected chi connectivity index (χ4v) is 2.86. The zero-order valence-corrected chi connectivity index (χ0v) is 13.8. The summed E-state index contributed by atoms with van der Waals surface area (Å²) in [7, 11) is 0. The molecule has 1 rings (SSSR count). The van der Waals surface area contributed by atoms with Gasteiger partial charge in [-0.15, -0.1) is 0 Å². The van der Waals surface area contributed by atoms with E-state index in [2.05, 4.69) is 34.6 Å². The van der Waals surface area contributed by atoms with E-state index in [4.69, 9.17) is 4.74 Å². The number of unbranched alkanes of at least 4 members (excludes halogenated alkanes) is 3. The molecule has 0 aromatic heterocycles. The fourth-order valence-electron chi connectivity index (χ4n) is 2.86. The summed E-state index contributed by atoms with van der Waals surface area (Å²) < 4.78 is 5.75. The summed E-state index contributed by atoms with van der Waals surface area (Å²) in [6, 6.07) is 0. The summed E-state index contributed by atoms with van der Waals surface area (Å²) in [5, 5.41) is 0. The molecule has 0 aliphatic heterocycles. The molecule has 1 atom stereocenters. The topological polar surface area (TPSA) is 9.23 Å². The van der Waals surface area contributed by atoms with E-state index in [0.29, 0.717) is 0 Å². The molecule has 112 valence electrons. The van der Waals surface area contributed by atoms with Crippen LogP contribution in [0.25, 0.3) is 0 Å². The van der Waals surface area contributed by atoms with Gasteiger partial charge in [0.25, 0.3) is 0 Å². The zero-order valence-electron chi connectivity index (χ0n) is 13.8. The van der Waals surface area contributed by atoms with Gasteiger partial charge < -0.3 is 4.74 Å². The van der Waals surface area contributed by atoms with Crippen LogP contribution in [0.2, 0.25) is 0 Å². The van der Waals surface area contributed by atoms with E-state index in [0.717, 1.165) is 12.5 Å². The lowest BCUT2D eigenvalue weighted by Crippen LogP contribution is -2.19. The molecule has 0 N–H and O–H groups in total. The Balaban J connectivity index is 1.97. The van der Waals surface area contributed by atoms with E-state index in [1.165, 1.54) is 51.4 Å². The third kappa shape index (κ3) is 7.77. The Morgan fingerprint density at radius 3 is 2.32 bits per heavy atom. The van der Waals surface area contributed by atoms with Gasteiger partial charge in [-0.25, -0.2) is 0 Å². The van der Waals surface area contributed by atoms with Gasteiger partial charge >= 0.3 is 0 Å². The van der Waals surface area contributed by atoms with Crippen LogP contribution in [-0.2, 0) is 4.74 Å². The normalized spacial score (nSPS) is 21.0. The summed E-state index contributed by atoms with van der Waals surface area (Å²) in [4.78, 5) is 0. The highest BCUT2D eigenvalue weighted by Gasteiger charge is 2.15. The van der Waals surface area contributed by atoms with Crippen molar-refractivity contribution in [2.75, 3.05) is 6.61 Å². The van der Waals surface area contributed by atoms with Gasteiger partial charge in [-0.3, -0.25) is 0 Å². The van der Waals surface area contributed by atoms with Crippen molar-refractivity contribution in [3.8, 4) is 0 Å². The van der Waals surface area contributed by atoms with Crippen molar-refractivity contribution in [1.29, 1.82) is 0 Å². The number of ether oxygens (including phenoxy) is 1. The Kier molecular flexibility index (Phi) is 7.13. The summed E-state index contributed by atoms with van der Waals surface area (Å²) in [5.41, 5.74) is 3.34. The standard InChI is InChI=1S/C18H34O/c1-15-11-12-17(14-16(15)2)10-8-6-7-9-13-19-18(3,4)5/h17H,6-14H2,1-5H3. The number of hydrogen-bond donors (Lipinski definition) is 0. The largest absolute Gasteiger partial charge is 0.376 e. The van der Waals surface area contributed by atoms with Gasteiger partial charge in [0, 0.05) is 6.61 Å². The number of rotatable bonds is 7. The Labute approximate surface area is 120 Å². The predicted octanol–water partition coefficient (Wildman–Crippen LogP) is 5.89. The van der Waals surface area contributed by atoms with Crippen molar-refractivity contribution >= 4 is 0 Å². The molecule has 1 heteroatoms. The van der Waals surface area contributed by atoms with Crippen LogP contribution in [0.15, 0.2) is 11.1 Å². The SMILES string of the molecule is CC1=C(C)CC(CCCCCCOC(C)(C)C)CC1. The molecule has 0 amide bonds. The molecule has 0 aromatic rings. The van der Waals surface area contributed by atoms with E-state index >= 15 is 0 Å². The van der Waals surface area contributed by atoms with E-state index in [1.54, 1.807) is 11.1 Å². The zero-order chi connectivity index (χ0) is 14.3. The first-order valence-electron chi connectivity index (χ1n) is 8.17. The highest BCUT2D eigenvalue weighted by molar-refractivity contribution is 5.13. The van der Waals surface area contributed by atoms with Crippen molar-refractivity contribution in [1.82, 2.24) is 0 Å². The summed E-state index contributed by atoms with van der Waals surface area (Å²) in [6.07, 6.45) is 10.9. The van der Waals surface area contributed by atoms with Crippen molar-refractivity contribution in [2.45, 2.75) is 91.6 Å². The molecule has 1 nitrogen and oxygen atoms in total. The average Bonchev–Trinajstić information content (AvgIpc) is 2.31. The maximum absolute atomic E-state index is 5.75. The average molecular weight is 266 g/mol. The Morgan fingerprint density at radius 1 is 1.00 bits per heavy atom. The second-order valence-electron chi connectivity index (χ2n) is 7.33. The summed E-state index contributed by atoms with van der Waals surface area (Å²) >= 11 is 0. The molecule has 0 spiro atoms. The Bertz CT molecular complexity index is 283. The first kappa shape index (κ1) is 16.8. The predicted molar refractivity (Wildman–Crippen MR) is 84.5 cm³/mol. The highest BCUT2D eigenvalue weighted by Crippen LogP contribution is 2.32. The molecule has 1 unspecified atom stereocenters. The molecule has 0 saturated heterocycles. The quantitative estimate of drug-likeness (QED) is 0.412. The summed E-state index contributed by atoms with van der Waals surface area (Å²) in [5.74, 6) is 0.967. The fraction of sp³-hybridized carbons (Fsp3) is 0.889. The molecule has 0 saturated carbocycles. The third-order valence-electron chi connectivity index (χ3n) is 4.29. The maximum Gasteiger partial charge on any atom is 0.0598 e. The molecule has 0 bridgehead atoms. The van der Waals surface area contributed by atoms with Gasteiger partial charge in [0.05, 0.1) is 5.60 Å². The molecule has 0 aromatic carbocycles. The number of allylic oxidation sites excluding steroid dienone is 2. The highest BCUT2D eigenvalue weighted by atomic mass is 16.5. The van der Waals surface area contributed by atoms with Crippen molar-refractivity contribution in [2.24, 2.45) is 5.92 Å². The molecule has 0 fully saturated rings. The maximum atomic E-state index is 5.75. The third-order valence-corrected chi connectivity index (χ3v) is 4.29. The lowest BCUT2D eigenvalue weighted by molar-refractivity contribution is -0.00476. The lowest BCUT2D eigenvalue weighted by atomic mass is 9.82. The minimum Gasteiger partial charge on any atom is -0.376 e. The molecular formula is C18H34O. The van der Waals surface area contributed by atoms with E-state index in [9.17, 15) is 0 Å². The molecule has 1 aliphatic rings. The van der Waals surface area contributed by atoms with Gasteiger partial charge in [0.1, 0.15) is 0 Å². The van der Waals surface area contributed by atoms with E-state index in [1.807, 2.05) is 0 Å². The van der Waals surface area contributed by atoms with Gasteiger partial charge in [-0.1, -0.05) is 36.8 Å². The minimum atomic E-state index is 0.0316. The van der Waals surface area contributed by atoms with Crippen LogP contribution in [0.3, 0.4) is 0 Å². The molecule has 0 heterocycles.